The molecule has 4 nitrogen and oxygen atoms in total. The van der Waals surface area contributed by atoms with Crippen molar-refractivity contribution in [2.24, 2.45) is 7.05 Å². The monoisotopic (exact) mass is 337 g/mol. The Kier molecular flexibility index (Phi) is 5.33. The second kappa shape index (κ2) is 7.84. The summed E-state index contributed by atoms with van der Waals surface area (Å²) < 4.78 is 7.41. The highest BCUT2D eigenvalue weighted by Gasteiger charge is 2.14. The first-order chi connectivity index (χ1) is 11.8. The first-order valence-electron chi connectivity index (χ1n) is 7.67. The van der Waals surface area contributed by atoms with Crippen LogP contribution in [0, 0.1) is 0 Å². The zero-order valence-corrected chi connectivity index (χ0v) is 14.5. The summed E-state index contributed by atoms with van der Waals surface area (Å²) in [5.41, 5.74) is 2.15. The highest BCUT2D eigenvalue weighted by atomic mass is 32.2. The summed E-state index contributed by atoms with van der Waals surface area (Å²) >= 11 is 1.66. The van der Waals surface area contributed by atoms with Crippen molar-refractivity contribution in [1.29, 1.82) is 0 Å². The van der Waals surface area contributed by atoms with E-state index < -0.39 is 0 Å². The second-order valence-electron chi connectivity index (χ2n) is 5.19. The minimum absolute atomic E-state index is 0.800. The molecule has 2 aromatic carbocycles. The summed E-state index contributed by atoms with van der Waals surface area (Å²) in [5.74, 6) is 2.45. The summed E-state index contributed by atoms with van der Waals surface area (Å²) in [6.07, 6.45) is 4.25. The Morgan fingerprint density at radius 1 is 1.04 bits per heavy atom. The van der Waals surface area contributed by atoms with Crippen LogP contribution in [0.15, 0.2) is 65.8 Å². The maximum Gasteiger partial charge on any atom is 0.191 e. The van der Waals surface area contributed by atoms with Crippen molar-refractivity contribution in [3.05, 3.63) is 66.2 Å². The molecule has 0 radical (unpaired) electrons. The molecule has 0 atom stereocenters. The van der Waals surface area contributed by atoms with Crippen LogP contribution in [0.2, 0.25) is 0 Å². The smallest absolute Gasteiger partial charge is 0.191 e. The third-order valence-electron chi connectivity index (χ3n) is 3.60. The standard InChI is InChI=1S/C19H19N3OS/c1-22-18(16-12-6-7-13-17(16)23-2)20-21-19(22)24-14-8-11-15-9-4-3-5-10-15/h3-13H,14H2,1-2H3/b11-8+. The number of rotatable bonds is 6. The van der Waals surface area contributed by atoms with E-state index in [9.17, 15) is 0 Å². The van der Waals surface area contributed by atoms with E-state index in [2.05, 4.69) is 34.5 Å². The van der Waals surface area contributed by atoms with Crippen LogP contribution in [0.5, 0.6) is 5.75 Å². The Bertz CT molecular complexity index is 828. The van der Waals surface area contributed by atoms with Crippen molar-refractivity contribution in [1.82, 2.24) is 14.8 Å². The average molecular weight is 337 g/mol. The number of hydrogen-bond acceptors (Lipinski definition) is 4. The van der Waals surface area contributed by atoms with E-state index in [0.29, 0.717) is 0 Å². The van der Waals surface area contributed by atoms with Crippen LogP contribution in [0.1, 0.15) is 5.56 Å². The van der Waals surface area contributed by atoms with Crippen molar-refractivity contribution >= 4 is 17.8 Å². The molecule has 0 fully saturated rings. The van der Waals surface area contributed by atoms with Gasteiger partial charge in [0.1, 0.15) is 5.75 Å². The van der Waals surface area contributed by atoms with Crippen LogP contribution in [0.25, 0.3) is 17.5 Å². The van der Waals surface area contributed by atoms with Gasteiger partial charge in [0.25, 0.3) is 0 Å². The van der Waals surface area contributed by atoms with Crippen molar-refractivity contribution in [2.75, 3.05) is 12.9 Å². The van der Waals surface area contributed by atoms with Crippen LogP contribution >= 0.6 is 11.8 Å². The SMILES string of the molecule is COc1ccccc1-c1nnc(SC/C=C/c2ccccc2)n1C. The van der Waals surface area contributed by atoms with Crippen LogP contribution in [0.4, 0.5) is 0 Å². The molecule has 0 aliphatic rings. The summed E-state index contributed by atoms with van der Waals surface area (Å²) in [7, 11) is 3.64. The van der Waals surface area contributed by atoms with Crippen molar-refractivity contribution in [3.63, 3.8) is 0 Å². The number of aromatic nitrogens is 3. The lowest BCUT2D eigenvalue weighted by molar-refractivity contribution is 0.416. The summed E-state index contributed by atoms with van der Waals surface area (Å²) in [5, 5.41) is 9.50. The number of para-hydroxylation sites is 1. The highest BCUT2D eigenvalue weighted by Crippen LogP contribution is 2.29. The minimum atomic E-state index is 0.800. The Morgan fingerprint density at radius 2 is 1.79 bits per heavy atom. The number of hydrogen-bond donors (Lipinski definition) is 0. The molecule has 0 spiro atoms. The molecule has 0 aliphatic heterocycles. The maximum atomic E-state index is 5.41. The molecule has 0 bridgehead atoms. The first-order valence-corrected chi connectivity index (χ1v) is 8.65. The lowest BCUT2D eigenvalue weighted by Gasteiger charge is -2.07. The lowest BCUT2D eigenvalue weighted by Crippen LogP contribution is -1.97. The highest BCUT2D eigenvalue weighted by molar-refractivity contribution is 7.99. The molecule has 0 amide bonds. The topological polar surface area (TPSA) is 39.9 Å². The molecule has 0 saturated heterocycles. The largest absolute Gasteiger partial charge is 0.496 e. The van der Waals surface area contributed by atoms with Crippen molar-refractivity contribution in [2.45, 2.75) is 5.16 Å². The van der Waals surface area contributed by atoms with E-state index in [1.54, 1.807) is 18.9 Å². The van der Waals surface area contributed by atoms with Gasteiger partial charge in [-0.05, 0) is 17.7 Å². The van der Waals surface area contributed by atoms with Gasteiger partial charge in [-0.2, -0.15) is 0 Å². The zero-order valence-electron chi connectivity index (χ0n) is 13.7. The molecule has 1 aromatic heterocycles. The molecule has 0 saturated carbocycles. The molecule has 3 rings (SSSR count). The molecule has 1 heterocycles. The number of thioether (sulfide) groups is 1. The van der Waals surface area contributed by atoms with Gasteiger partial charge in [-0.3, -0.25) is 0 Å². The average Bonchev–Trinajstić information content (AvgIpc) is 3.00. The Labute approximate surface area is 146 Å². The van der Waals surface area contributed by atoms with E-state index in [0.717, 1.165) is 28.0 Å². The summed E-state index contributed by atoms with van der Waals surface area (Å²) in [6.45, 7) is 0. The van der Waals surface area contributed by atoms with Gasteiger partial charge in [-0.1, -0.05) is 66.4 Å². The van der Waals surface area contributed by atoms with E-state index in [4.69, 9.17) is 4.74 Å². The fourth-order valence-electron chi connectivity index (χ4n) is 2.38. The predicted molar refractivity (Wildman–Crippen MR) is 99.2 cm³/mol. The van der Waals surface area contributed by atoms with Gasteiger partial charge in [0.05, 0.1) is 12.7 Å². The number of benzene rings is 2. The van der Waals surface area contributed by atoms with Gasteiger partial charge in [-0.25, -0.2) is 0 Å². The van der Waals surface area contributed by atoms with E-state index in [1.807, 2.05) is 54.1 Å². The first kappa shape index (κ1) is 16.3. The quantitative estimate of drug-likeness (QED) is 0.629. The summed E-state index contributed by atoms with van der Waals surface area (Å²) in [4.78, 5) is 0. The van der Waals surface area contributed by atoms with Crippen LogP contribution in [-0.2, 0) is 7.05 Å². The number of ether oxygens (including phenoxy) is 1. The molecule has 122 valence electrons. The van der Waals surface area contributed by atoms with Crippen LogP contribution in [0.3, 0.4) is 0 Å². The normalized spacial score (nSPS) is 11.1. The van der Waals surface area contributed by atoms with E-state index >= 15 is 0 Å². The molecule has 3 aromatic rings. The fourth-order valence-corrected chi connectivity index (χ4v) is 3.10. The molecule has 24 heavy (non-hydrogen) atoms. The molecule has 0 unspecified atom stereocenters. The number of methoxy groups -OCH3 is 1. The molecular weight excluding hydrogens is 318 g/mol. The Hall–Kier alpha value is -2.53. The van der Waals surface area contributed by atoms with E-state index in [-0.39, 0.29) is 0 Å². The van der Waals surface area contributed by atoms with Gasteiger partial charge in [0.2, 0.25) is 0 Å². The van der Waals surface area contributed by atoms with Crippen LogP contribution in [-0.4, -0.2) is 27.6 Å². The third-order valence-corrected chi connectivity index (χ3v) is 4.57. The van der Waals surface area contributed by atoms with Gasteiger partial charge < -0.3 is 9.30 Å². The van der Waals surface area contributed by atoms with Gasteiger partial charge in [-0.15, -0.1) is 10.2 Å². The lowest BCUT2D eigenvalue weighted by atomic mass is 10.2. The molecular formula is C19H19N3OS. The molecule has 5 heteroatoms. The van der Waals surface area contributed by atoms with Gasteiger partial charge in [0, 0.05) is 12.8 Å². The van der Waals surface area contributed by atoms with Gasteiger partial charge >= 0.3 is 0 Å². The van der Waals surface area contributed by atoms with E-state index in [1.165, 1.54) is 5.56 Å². The van der Waals surface area contributed by atoms with Crippen molar-refractivity contribution in [3.8, 4) is 17.1 Å². The number of nitrogens with zero attached hydrogens (tertiary/aromatic N) is 3. The maximum absolute atomic E-state index is 5.41. The minimum Gasteiger partial charge on any atom is -0.496 e. The third kappa shape index (κ3) is 3.68. The Balaban J connectivity index is 1.70. The fraction of sp³-hybridized carbons (Fsp3) is 0.158. The Morgan fingerprint density at radius 3 is 2.58 bits per heavy atom. The van der Waals surface area contributed by atoms with Gasteiger partial charge in [0.15, 0.2) is 11.0 Å². The van der Waals surface area contributed by atoms with Crippen molar-refractivity contribution < 1.29 is 4.74 Å². The molecule has 0 N–H and O–H groups in total. The second-order valence-corrected chi connectivity index (χ2v) is 6.18. The summed E-state index contributed by atoms with van der Waals surface area (Å²) in [6, 6.07) is 18.1. The van der Waals surface area contributed by atoms with Crippen LogP contribution < -0.4 is 4.74 Å². The molecule has 0 aliphatic carbocycles. The predicted octanol–water partition coefficient (Wildman–Crippen LogP) is 4.30. The zero-order chi connectivity index (χ0) is 16.8.